The van der Waals surface area contributed by atoms with Gasteiger partial charge in [0.15, 0.2) is 5.52 Å². The first-order chi connectivity index (χ1) is 14.8. The zero-order chi connectivity index (χ0) is 23.0. The Labute approximate surface area is 205 Å². The quantitative estimate of drug-likeness (QED) is 0.360. The molecule has 0 N–H and O–H groups in total. The van der Waals surface area contributed by atoms with Crippen LogP contribution in [0.4, 0.5) is 0 Å². The van der Waals surface area contributed by atoms with E-state index in [9.17, 15) is 4.79 Å². The molecule has 8 heteroatoms. The molecule has 0 fully saturated rings. The number of carbonyl (C=O) groups excluding carboxylic acids is 1. The summed E-state index contributed by atoms with van der Waals surface area (Å²) in [6, 6.07) is 8.99. The molecule has 2 rings (SSSR count). The first kappa shape index (κ1) is 28.2. The maximum atomic E-state index is 13.3. The first-order valence-corrected chi connectivity index (χ1v) is 11.3. The van der Waals surface area contributed by atoms with Gasteiger partial charge in [0.05, 0.1) is 34.5 Å². The standard InChI is InChI=1S/C24H33O6P.Li/c1-15(2)13-29-17-8-9-22(19(10-17)30-14-16(3)4)31-24(25)23-20(27-6)11-18(26-5)12-21(23)28-7;/h8-12,15-16,31H,13-14H2,1-7H3;/q;+1. The van der Waals surface area contributed by atoms with Crippen molar-refractivity contribution >= 4 is 19.4 Å². The molecule has 0 spiro atoms. The van der Waals surface area contributed by atoms with E-state index < -0.39 is 0 Å². The van der Waals surface area contributed by atoms with Gasteiger partial charge in [-0.15, -0.1) is 0 Å². The average Bonchev–Trinajstić information content (AvgIpc) is 2.75. The summed E-state index contributed by atoms with van der Waals surface area (Å²) in [6.07, 6.45) is 0. The van der Waals surface area contributed by atoms with E-state index >= 15 is 0 Å². The molecule has 0 aromatic heterocycles. The van der Waals surface area contributed by atoms with Gasteiger partial charge in [0.25, 0.3) is 0 Å². The SMILES string of the molecule is COc1cc(OC)c(C(=O)Pc2ccc(OCC(C)C)cc2OCC(C)C)c(OC)c1.[Li+]. The number of methoxy groups -OCH3 is 3. The molecule has 0 aliphatic carbocycles. The number of carbonyl (C=O) groups is 1. The molecule has 2 aromatic rings. The Balaban J connectivity index is 0.00000512. The van der Waals surface area contributed by atoms with E-state index in [1.54, 1.807) is 19.2 Å². The second kappa shape index (κ2) is 13.6. The Morgan fingerprint density at radius 3 is 1.81 bits per heavy atom. The van der Waals surface area contributed by atoms with Crippen molar-refractivity contribution in [2.45, 2.75) is 27.7 Å². The van der Waals surface area contributed by atoms with E-state index in [1.807, 2.05) is 18.2 Å². The number of hydrogen-bond donors (Lipinski definition) is 0. The van der Waals surface area contributed by atoms with Gasteiger partial charge in [-0.3, -0.25) is 4.79 Å². The molecule has 32 heavy (non-hydrogen) atoms. The minimum absolute atomic E-state index is 0. The van der Waals surface area contributed by atoms with E-state index in [0.717, 1.165) is 11.1 Å². The predicted octanol–water partition coefficient (Wildman–Crippen LogP) is 1.93. The van der Waals surface area contributed by atoms with Crippen LogP contribution >= 0.6 is 8.58 Å². The maximum absolute atomic E-state index is 13.3. The van der Waals surface area contributed by atoms with Gasteiger partial charge in [0.1, 0.15) is 34.3 Å². The second-order valence-electron chi connectivity index (χ2n) is 7.93. The number of ether oxygens (including phenoxy) is 5. The normalized spacial score (nSPS) is 10.9. The zero-order valence-electron chi connectivity index (χ0n) is 20.4. The van der Waals surface area contributed by atoms with Crippen LogP contribution in [0.1, 0.15) is 38.1 Å². The Bertz CT molecular complexity index is 860. The zero-order valence-corrected chi connectivity index (χ0v) is 21.4. The average molecular weight is 455 g/mol. The van der Waals surface area contributed by atoms with Gasteiger partial charge in [-0.1, -0.05) is 27.7 Å². The number of benzene rings is 2. The topological polar surface area (TPSA) is 63.2 Å². The summed E-state index contributed by atoms with van der Waals surface area (Å²) in [5.41, 5.74) is 0.278. The summed E-state index contributed by atoms with van der Waals surface area (Å²) in [6.45, 7) is 9.53. The Kier molecular flexibility index (Phi) is 12.0. The number of rotatable bonds is 12. The molecule has 6 nitrogen and oxygen atoms in total. The molecule has 0 saturated heterocycles. The van der Waals surface area contributed by atoms with Crippen LogP contribution in [-0.4, -0.2) is 40.1 Å². The van der Waals surface area contributed by atoms with E-state index in [4.69, 9.17) is 23.7 Å². The Hall–Kier alpha value is -1.86. The van der Waals surface area contributed by atoms with Crippen LogP contribution in [0, 0.1) is 11.8 Å². The fourth-order valence-electron chi connectivity index (χ4n) is 2.75. The number of hydrogen-bond acceptors (Lipinski definition) is 6. The molecule has 0 aliphatic heterocycles. The molecule has 0 bridgehead atoms. The fraction of sp³-hybridized carbons (Fsp3) is 0.458. The molecular weight excluding hydrogens is 422 g/mol. The molecule has 1 unspecified atom stereocenters. The van der Waals surface area contributed by atoms with Gasteiger partial charge in [0.2, 0.25) is 0 Å². The van der Waals surface area contributed by atoms with Crippen molar-refractivity contribution in [2.75, 3.05) is 34.5 Å². The summed E-state index contributed by atoms with van der Waals surface area (Å²) in [5.74, 6) is 3.54. The monoisotopic (exact) mass is 455 g/mol. The van der Waals surface area contributed by atoms with Gasteiger partial charge in [-0.25, -0.2) is 0 Å². The molecule has 2 aromatic carbocycles. The van der Waals surface area contributed by atoms with Crippen molar-refractivity contribution < 1.29 is 47.3 Å². The molecular formula is C24H33LiO6P+. The third-order valence-electron chi connectivity index (χ3n) is 4.30. The van der Waals surface area contributed by atoms with Crippen molar-refractivity contribution in [1.29, 1.82) is 0 Å². The van der Waals surface area contributed by atoms with Gasteiger partial charge in [-0.2, -0.15) is 0 Å². The van der Waals surface area contributed by atoms with E-state index in [-0.39, 0.29) is 33.0 Å². The first-order valence-electron chi connectivity index (χ1n) is 10.3. The van der Waals surface area contributed by atoms with Gasteiger partial charge in [-0.05, 0) is 32.5 Å². The predicted molar refractivity (Wildman–Crippen MR) is 125 cm³/mol. The largest absolute Gasteiger partial charge is 1.00 e. The van der Waals surface area contributed by atoms with E-state index in [1.165, 1.54) is 14.2 Å². The molecule has 170 valence electrons. The van der Waals surface area contributed by atoms with E-state index in [2.05, 4.69) is 27.7 Å². The minimum Gasteiger partial charge on any atom is -0.496 e. The van der Waals surface area contributed by atoms with Crippen LogP contribution in [-0.2, 0) is 0 Å². The maximum Gasteiger partial charge on any atom is 1.00 e. The Morgan fingerprint density at radius 1 is 0.781 bits per heavy atom. The molecule has 1 atom stereocenters. The molecule has 0 radical (unpaired) electrons. The molecule has 0 saturated carbocycles. The van der Waals surface area contributed by atoms with Crippen molar-refractivity contribution in [1.82, 2.24) is 0 Å². The van der Waals surface area contributed by atoms with Gasteiger partial charge < -0.3 is 23.7 Å². The van der Waals surface area contributed by atoms with Crippen LogP contribution < -0.4 is 47.8 Å². The van der Waals surface area contributed by atoms with Crippen molar-refractivity contribution in [3.8, 4) is 28.7 Å². The van der Waals surface area contributed by atoms with Gasteiger partial charge in [0, 0.05) is 23.5 Å². The van der Waals surface area contributed by atoms with E-state index in [0.29, 0.717) is 53.6 Å². The summed E-state index contributed by atoms with van der Waals surface area (Å²) >= 11 is 0. The molecule has 0 amide bonds. The fourth-order valence-corrected chi connectivity index (χ4v) is 3.80. The summed E-state index contributed by atoms with van der Waals surface area (Å²) in [7, 11) is 4.42. The van der Waals surface area contributed by atoms with Crippen LogP contribution in [0.15, 0.2) is 30.3 Å². The van der Waals surface area contributed by atoms with Crippen LogP contribution in [0.2, 0.25) is 0 Å². The van der Waals surface area contributed by atoms with Crippen molar-refractivity contribution in [2.24, 2.45) is 11.8 Å². The van der Waals surface area contributed by atoms with Crippen LogP contribution in [0.5, 0.6) is 28.7 Å². The molecule has 0 heterocycles. The second-order valence-corrected chi connectivity index (χ2v) is 9.17. The van der Waals surface area contributed by atoms with Gasteiger partial charge >= 0.3 is 18.9 Å². The van der Waals surface area contributed by atoms with Crippen LogP contribution in [0.3, 0.4) is 0 Å². The van der Waals surface area contributed by atoms with Crippen molar-refractivity contribution in [3.63, 3.8) is 0 Å². The smallest absolute Gasteiger partial charge is 0.496 e. The third-order valence-corrected chi connectivity index (χ3v) is 5.46. The molecule has 0 aliphatic rings. The summed E-state index contributed by atoms with van der Waals surface area (Å²) in [4.78, 5) is 13.3. The summed E-state index contributed by atoms with van der Waals surface area (Å²) < 4.78 is 28.0. The minimum atomic E-state index is -0.172. The Morgan fingerprint density at radius 2 is 1.31 bits per heavy atom. The van der Waals surface area contributed by atoms with Crippen molar-refractivity contribution in [3.05, 3.63) is 35.9 Å². The van der Waals surface area contributed by atoms with Crippen LogP contribution in [0.25, 0.3) is 0 Å². The third kappa shape index (κ3) is 7.92. The summed E-state index contributed by atoms with van der Waals surface area (Å²) in [5, 5.41) is 0.808.